The molecule has 2 rings (SSSR count). The number of thioether (sulfide) groups is 1. The molecule has 22 heavy (non-hydrogen) atoms. The van der Waals surface area contributed by atoms with E-state index >= 15 is 0 Å². The van der Waals surface area contributed by atoms with Crippen LogP contribution in [0.4, 0.5) is 0 Å². The maximum Gasteiger partial charge on any atom is 0.234 e. The number of hydrogen-bond acceptors (Lipinski definition) is 4. The van der Waals surface area contributed by atoms with Gasteiger partial charge in [0.2, 0.25) is 5.91 Å². The van der Waals surface area contributed by atoms with Crippen LogP contribution in [0, 0.1) is 26.2 Å². The number of para-hydroxylation sites is 1. The van der Waals surface area contributed by atoms with Crippen LogP contribution in [0.5, 0.6) is 0 Å². The molecule has 1 aromatic carbocycles. The van der Waals surface area contributed by atoms with Gasteiger partial charge in [0.15, 0.2) is 5.16 Å². The molecule has 0 bridgehead atoms. The lowest BCUT2D eigenvalue weighted by atomic mass is 10.2. The van der Waals surface area contributed by atoms with Crippen LogP contribution in [0.2, 0.25) is 0 Å². The van der Waals surface area contributed by atoms with E-state index in [0.717, 1.165) is 17.1 Å². The third-order valence-electron chi connectivity index (χ3n) is 3.17. The molecule has 5 nitrogen and oxygen atoms in total. The Morgan fingerprint density at radius 2 is 2.14 bits per heavy atom. The highest BCUT2D eigenvalue weighted by molar-refractivity contribution is 8.00. The lowest BCUT2D eigenvalue weighted by Gasteiger charge is -2.13. The number of nitrogens with one attached hydrogen (secondary N) is 1. The van der Waals surface area contributed by atoms with Crippen molar-refractivity contribution in [2.24, 2.45) is 0 Å². The van der Waals surface area contributed by atoms with Crippen molar-refractivity contribution in [1.82, 2.24) is 20.1 Å². The molecule has 0 aliphatic rings. The number of carbonyl (C=O) groups is 1. The van der Waals surface area contributed by atoms with Crippen molar-refractivity contribution < 1.29 is 4.79 Å². The van der Waals surface area contributed by atoms with E-state index in [4.69, 9.17) is 6.42 Å². The molecule has 0 aliphatic carbocycles. The molecule has 1 amide bonds. The van der Waals surface area contributed by atoms with E-state index in [1.807, 2.05) is 49.6 Å². The predicted octanol–water partition coefficient (Wildman–Crippen LogP) is 2.11. The third kappa shape index (κ3) is 3.49. The van der Waals surface area contributed by atoms with Crippen LogP contribution >= 0.6 is 11.8 Å². The zero-order chi connectivity index (χ0) is 16.1. The monoisotopic (exact) mass is 314 g/mol. The molecule has 1 N–H and O–H groups in total. The summed E-state index contributed by atoms with van der Waals surface area (Å²) in [5.74, 6) is 3.07. The van der Waals surface area contributed by atoms with E-state index < -0.39 is 0 Å². The minimum absolute atomic E-state index is 0.111. The summed E-state index contributed by atoms with van der Waals surface area (Å²) in [6.07, 6.45) is 5.15. The van der Waals surface area contributed by atoms with Crippen molar-refractivity contribution in [2.45, 2.75) is 31.2 Å². The Labute approximate surface area is 134 Å². The molecule has 1 atom stereocenters. The number of nitrogens with zero attached hydrogens (tertiary/aromatic N) is 3. The Bertz CT molecular complexity index is 717. The van der Waals surface area contributed by atoms with Crippen LogP contribution in [0.25, 0.3) is 5.69 Å². The summed E-state index contributed by atoms with van der Waals surface area (Å²) in [6, 6.07) is 8.01. The van der Waals surface area contributed by atoms with Gasteiger partial charge in [0.1, 0.15) is 5.82 Å². The number of amides is 1. The van der Waals surface area contributed by atoms with Crippen molar-refractivity contribution in [1.29, 1.82) is 0 Å². The van der Waals surface area contributed by atoms with Crippen molar-refractivity contribution >= 4 is 17.7 Å². The summed E-state index contributed by atoms with van der Waals surface area (Å²) < 4.78 is 1.96. The zero-order valence-electron chi connectivity index (χ0n) is 12.8. The maximum atomic E-state index is 11.9. The Balaban J connectivity index is 2.26. The van der Waals surface area contributed by atoms with E-state index in [1.54, 1.807) is 0 Å². The van der Waals surface area contributed by atoms with E-state index in [2.05, 4.69) is 21.4 Å². The fourth-order valence-corrected chi connectivity index (χ4v) is 2.93. The molecule has 0 fully saturated rings. The molecule has 2 aromatic rings. The third-order valence-corrected chi connectivity index (χ3v) is 4.21. The first-order chi connectivity index (χ1) is 10.5. The molecule has 114 valence electrons. The van der Waals surface area contributed by atoms with Gasteiger partial charge in [-0.1, -0.05) is 35.9 Å². The van der Waals surface area contributed by atoms with Gasteiger partial charge in [-0.25, -0.2) is 0 Å². The first-order valence-corrected chi connectivity index (χ1v) is 7.78. The Kier molecular flexibility index (Phi) is 5.23. The van der Waals surface area contributed by atoms with Crippen molar-refractivity contribution in [3.63, 3.8) is 0 Å². The van der Waals surface area contributed by atoms with E-state index in [9.17, 15) is 4.79 Å². The SMILES string of the molecule is C#CCNC(=O)C(C)Sc1nnc(C)n1-c1ccccc1C. The first kappa shape index (κ1) is 16.1. The number of terminal acetylenes is 1. The van der Waals surface area contributed by atoms with Gasteiger partial charge in [-0.15, -0.1) is 16.6 Å². The van der Waals surface area contributed by atoms with Crippen molar-refractivity contribution in [3.8, 4) is 18.0 Å². The molecule has 0 aliphatic heterocycles. The summed E-state index contributed by atoms with van der Waals surface area (Å²) in [5, 5.41) is 11.4. The molecule has 0 radical (unpaired) electrons. The fraction of sp³-hybridized carbons (Fsp3) is 0.312. The Morgan fingerprint density at radius 3 is 2.82 bits per heavy atom. The molecule has 1 heterocycles. The second-order valence-corrected chi connectivity index (χ2v) is 6.14. The number of hydrogen-bond donors (Lipinski definition) is 1. The Morgan fingerprint density at radius 1 is 1.41 bits per heavy atom. The van der Waals surface area contributed by atoms with Crippen LogP contribution in [-0.4, -0.2) is 32.5 Å². The maximum absolute atomic E-state index is 11.9. The second-order valence-electron chi connectivity index (χ2n) is 4.83. The van der Waals surface area contributed by atoms with Gasteiger partial charge < -0.3 is 5.32 Å². The highest BCUT2D eigenvalue weighted by Gasteiger charge is 2.20. The molecular formula is C16H18N4OS. The standard InChI is InChI=1S/C16H18N4OS/c1-5-10-17-15(21)12(3)22-16-19-18-13(4)20(16)14-9-7-6-8-11(14)2/h1,6-9,12H,10H2,2-4H3,(H,17,21). The quantitative estimate of drug-likeness (QED) is 0.678. The molecular weight excluding hydrogens is 296 g/mol. The average Bonchev–Trinajstić information content (AvgIpc) is 2.86. The Hall–Kier alpha value is -2.26. The largest absolute Gasteiger partial charge is 0.344 e. The molecule has 1 aromatic heterocycles. The number of aromatic nitrogens is 3. The molecule has 1 unspecified atom stereocenters. The number of carbonyl (C=O) groups excluding carboxylic acids is 1. The second kappa shape index (κ2) is 7.14. The lowest BCUT2D eigenvalue weighted by Crippen LogP contribution is -2.31. The molecule has 0 spiro atoms. The normalized spacial score (nSPS) is 11.7. The van der Waals surface area contributed by atoms with Gasteiger partial charge in [0.25, 0.3) is 0 Å². The zero-order valence-corrected chi connectivity index (χ0v) is 13.6. The first-order valence-electron chi connectivity index (χ1n) is 6.90. The minimum atomic E-state index is -0.306. The van der Waals surface area contributed by atoms with Crippen LogP contribution in [-0.2, 0) is 4.79 Å². The van der Waals surface area contributed by atoms with Gasteiger partial charge >= 0.3 is 0 Å². The highest BCUT2D eigenvalue weighted by atomic mass is 32.2. The van der Waals surface area contributed by atoms with Crippen LogP contribution < -0.4 is 5.32 Å². The summed E-state index contributed by atoms with van der Waals surface area (Å²) in [4.78, 5) is 11.9. The van der Waals surface area contributed by atoms with Crippen LogP contribution in [0.1, 0.15) is 18.3 Å². The summed E-state index contributed by atoms with van der Waals surface area (Å²) in [7, 11) is 0. The van der Waals surface area contributed by atoms with Crippen LogP contribution in [0.3, 0.4) is 0 Å². The average molecular weight is 314 g/mol. The molecule has 0 saturated heterocycles. The van der Waals surface area contributed by atoms with E-state index in [1.165, 1.54) is 11.8 Å². The lowest BCUT2D eigenvalue weighted by molar-refractivity contribution is -0.120. The fourth-order valence-electron chi connectivity index (χ4n) is 2.00. The molecule has 6 heteroatoms. The van der Waals surface area contributed by atoms with Crippen molar-refractivity contribution in [3.05, 3.63) is 35.7 Å². The minimum Gasteiger partial charge on any atom is -0.344 e. The smallest absolute Gasteiger partial charge is 0.234 e. The number of benzene rings is 1. The van der Waals surface area contributed by atoms with Crippen LogP contribution in [0.15, 0.2) is 29.4 Å². The van der Waals surface area contributed by atoms with Gasteiger partial charge in [-0.3, -0.25) is 9.36 Å². The van der Waals surface area contributed by atoms with E-state index in [0.29, 0.717) is 5.16 Å². The van der Waals surface area contributed by atoms with Gasteiger partial charge in [-0.2, -0.15) is 0 Å². The van der Waals surface area contributed by atoms with E-state index in [-0.39, 0.29) is 17.7 Å². The van der Waals surface area contributed by atoms with Crippen molar-refractivity contribution in [2.75, 3.05) is 6.54 Å². The number of aryl methyl sites for hydroxylation is 2. The topological polar surface area (TPSA) is 59.8 Å². The van der Waals surface area contributed by atoms with Gasteiger partial charge in [0, 0.05) is 0 Å². The molecule has 0 saturated carbocycles. The summed E-state index contributed by atoms with van der Waals surface area (Å²) in [5.41, 5.74) is 2.14. The highest BCUT2D eigenvalue weighted by Crippen LogP contribution is 2.26. The summed E-state index contributed by atoms with van der Waals surface area (Å²) >= 11 is 1.36. The van der Waals surface area contributed by atoms with Gasteiger partial charge in [0.05, 0.1) is 17.5 Å². The predicted molar refractivity (Wildman–Crippen MR) is 88.0 cm³/mol. The summed E-state index contributed by atoms with van der Waals surface area (Å²) in [6.45, 7) is 5.98. The van der Waals surface area contributed by atoms with Gasteiger partial charge in [-0.05, 0) is 32.4 Å². The number of rotatable bonds is 5.